The predicted octanol–water partition coefficient (Wildman–Crippen LogP) is 3.93. The smallest absolute Gasteiger partial charge is 0.416 e. The summed E-state index contributed by atoms with van der Waals surface area (Å²) in [6, 6.07) is 7.79. The number of urea groups is 1. The van der Waals surface area contributed by atoms with Gasteiger partial charge in [0.15, 0.2) is 0 Å². The Hall–Kier alpha value is -3.89. The molecule has 2 amide bonds. The lowest BCUT2D eigenvalue weighted by Crippen LogP contribution is -2.41. The van der Waals surface area contributed by atoms with Crippen LogP contribution in [0.25, 0.3) is 0 Å². The van der Waals surface area contributed by atoms with Gasteiger partial charge in [-0.1, -0.05) is 6.07 Å². The van der Waals surface area contributed by atoms with Gasteiger partial charge in [-0.25, -0.2) is 20.2 Å². The van der Waals surface area contributed by atoms with Crippen molar-refractivity contribution in [3.8, 4) is 0 Å². The highest BCUT2D eigenvalue weighted by Crippen LogP contribution is 2.32. The molecule has 0 aliphatic carbocycles. The summed E-state index contributed by atoms with van der Waals surface area (Å²) in [6.45, 7) is 0.592. The van der Waals surface area contributed by atoms with Crippen LogP contribution in [0.15, 0.2) is 58.5 Å². The van der Waals surface area contributed by atoms with Gasteiger partial charge >= 0.3 is 12.2 Å². The van der Waals surface area contributed by atoms with E-state index in [9.17, 15) is 18.0 Å². The fourth-order valence-electron chi connectivity index (χ4n) is 3.12. The minimum atomic E-state index is -4.45. The van der Waals surface area contributed by atoms with Crippen molar-refractivity contribution in [1.82, 2.24) is 20.3 Å². The molecule has 11 heteroatoms. The molecule has 31 heavy (non-hydrogen) atoms. The number of nitrogens with one attached hydrogen (secondary N) is 2. The Morgan fingerprint density at radius 1 is 1.23 bits per heavy atom. The molecule has 2 N–H and O–H groups in total. The van der Waals surface area contributed by atoms with Crippen molar-refractivity contribution >= 4 is 23.8 Å². The molecule has 0 radical (unpaired) electrons. The van der Waals surface area contributed by atoms with E-state index in [1.165, 1.54) is 35.8 Å². The summed E-state index contributed by atoms with van der Waals surface area (Å²) in [6.07, 6.45) is 0.236. The quantitative estimate of drug-likeness (QED) is 0.483. The maximum Gasteiger partial charge on any atom is 0.416 e. The van der Waals surface area contributed by atoms with Gasteiger partial charge in [-0.3, -0.25) is 0 Å². The number of benzene rings is 1. The van der Waals surface area contributed by atoms with Gasteiger partial charge < -0.3 is 14.6 Å². The number of aromatic nitrogens is 2. The van der Waals surface area contributed by atoms with Crippen molar-refractivity contribution < 1.29 is 22.4 Å². The van der Waals surface area contributed by atoms with Gasteiger partial charge in [0.1, 0.15) is 17.9 Å². The van der Waals surface area contributed by atoms with Crippen molar-refractivity contribution in [3.05, 3.63) is 71.6 Å². The zero-order valence-corrected chi connectivity index (χ0v) is 16.1. The van der Waals surface area contributed by atoms with Crippen LogP contribution in [-0.4, -0.2) is 33.7 Å². The number of hydrazone groups is 1. The molecule has 0 fully saturated rings. The Morgan fingerprint density at radius 3 is 2.87 bits per heavy atom. The zero-order valence-electron chi connectivity index (χ0n) is 16.1. The van der Waals surface area contributed by atoms with Gasteiger partial charge in [-0.05, 0) is 30.3 Å². The van der Waals surface area contributed by atoms with E-state index < -0.39 is 17.8 Å². The average Bonchev–Trinajstić information content (AvgIpc) is 3.27. The number of hydrogen-bond acceptors (Lipinski definition) is 6. The van der Waals surface area contributed by atoms with Crippen molar-refractivity contribution in [2.45, 2.75) is 19.1 Å². The first-order valence-corrected chi connectivity index (χ1v) is 9.28. The molecule has 0 saturated heterocycles. The summed E-state index contributed by atoms with van der Waals surface area (Å²) < 4.78 is 44.1. The minimum absolute atomic E-state index is 0.180. The highest BCUT2D eigenvalue weighted by Gasteiger charge is 2.30. The highest BCUT2D eigenvalue weighted by molar-refractivity contribution is 5.79. The van der Waals surface area contributed by atoms with E-state index in [0.29, 0.717) is 30.1 Å². The maximum absolute atomic E-state index is 13.0. The molecule has 0 spiro atoms. The summed E-state index contributed by atoms with van der Waals surface area (Å²) in [5, 5.41) is 6.77. The molecule has 0 atom stereocenters. The summed E-state index contributed by atoms with van der Waals surface area (Å²) in [4.78, 5) is 22.4. The molecular weight excluding hydrogens is 413 g/mol. The molecular formula is C20H17F3N6O2. The number of alkyl halides is 3. The molecule has 1 aliphatic heterocycles. The number of furan rings is 1. The fourth-order valence-corrected chi connectivity index (χ4v) is 3.12. The molecule has 8 nitrogen and oxygen atoms in total. The van der Waals surface area contributed by atoms with E-state index in [4.69, 9.17) is 4.42 Å². The monoisotopic (exact) mass is 430 g/mol. The molecule has 1 aromatic carbocycles. The third kappa shape index (κ3) is 4.82. The molecule has 160 valence electrons. The second kappa shape index (κ2) is 8.46. The first kappa shape index (κ1) is 20.4. The minimum Gasteiger partial charge on any atom is -0.463 e. The van der Waals surface area contributed by atoms with Crippen LogP contribution in [0.4, 0.5) is 29.5 Å². The fraction of sp³-hybridized carbons (Fsp3) is 0.200. The van der Waals surface area contributed by atoms with Gasteiger partial charge in [0, 0.05) is 24.2 Å². The standard InChI is InChI=1S/C20H17F3N6O2/c21-20(22,23)13-3-1-4-14(9-13)27-18-16-11-29(7-6-17(16)24-12-25-18)19(30)28-26-10-15-5-2-8-31-15/h1-5,8-10,12H,6-7,11H2,(H,28,30)(H,24,25,27)/b26-10+. The Bertz CT molecular complexity index is 1100. The van der Waals surface area contributed by atoms with E-state index >= 15 is 0 Å². The Kier molecular flexibility index (Phi) is 5.56. The number of rotatable bonds is 4. The van der Waals surface area contributed by atoms with Crippen molar-refractivity contribution in [1.29, 1.82) is 0 Å². The summed E-state index contributed by atoms with van der Waals surface area (Å²) in [5.74, 6) is 0.839. The lowest BCUT2D eigenvalue weighted by atomic mass is 10.1. The second-order valence-corrected chi connectivity index (χ2v) is 6.71. The normalized spacial score (nSPS) is 13.8. The van der Waals surface area contributed by atoms with Gasteiger partial charge in [0.25, 0.3) is 0 Å². The highest BCUT2D eigenvalue weighted by atomic mass is 19.4. The van der Waals surface area contributed by atoms with Crippen LogP contribution in [-0.2, 0) is 19.1 Å². The first-order chi connectivity index (χ1) is 14.9. The predicted molar refractivity (Wildman–Crippen MR) is 106 cm³/mol. The lowest BCUT2D eigenvalue weighted by molar-refractivity contribution is -0.137. The van der Waals surface area contributed by atoms with E-state index in [1.807, 2.05) is 0 Å². The van der Waals surface area contributed by atoms with Crippen LogP contribution >= 0.6 is 0 Å². The largest absolute Gasteiger partial charge is 0.463 e. The summed E-state index contributed by atoms with van der Waals surface area (Å²) >= 11 is 0. The molecule has 3 aromatic rings. The van der Waals surface area contributed by atoms with Crippen LogP contribution in [0.3, 0.4) is 0 Å². The van der Waals surface area contributed by atoms with Crippen LogP contribution < -0.4 is 10.7 Å². The number of anilines is 2. The summed E-state index contributed by atoms with van der Waals surface area (Å²) in [5.41, 5.74) is 3.26. The number of carbonyl (C=O) groups is 1. The lowest BCUT2D eigenvalue weighted by Gasteiger charge is -2.28. The van der Waals surface area contributed by atoms with Gasteiger partial charge in [-0.15, -0.1) is 0 Å². The molecule has 2 aromatic heterocycles. The number of fused-ring (bicyclic) bond motifs is 1. The van der Waals surface area contributed by atoms with Crippen molar-refractivity contribution in [3.63, 3.8) is 0 Å². The number of carbonyl (C=O) groups excluding carboxylic acids is 1. The molecule has 0 unspecified atom stereocenters. The van der Waals surface area contributed by atoms with Crippen LogP contribution in [0.5, 0.6) is 0 Å². The Labute approximate surface area is 174 Å². The number of halogens is 3. The molecule has 1 aliphatic rings. The number of nitrogens with zero attached hydrogens (tertiary/aromatic N) is 4. The average molecular weight is 430 g/mol. The van der Waals surface area contributed by atoms with Crippen molar-refractivity contribution in [2.75, 3.05) is 11.9 Å². The van der Waals surface area contributed by atoms with Crippen LogP contribution in [0, 0.1) is 0 Å². The van der Waals surface area contributed by atoms with Crippen LogP contribution in [0.2, 0.25) is 0 Å². The van der Waals surface area contributed by atoms with E-state index in [0.717, 1.165) is 17.8 Å². The van der Waals surface area contributed by atoms with E-state index in [1.54, 1.807) is 12.1 Å². The van der Waals surface area contributed by atoms with Gasteiger partial charge in [0.2, 0.25) is 0 Å². The maximum atomic E-state index is 13.0. The second-order valence-electron chi connectivity index (χ2n) is 6.71. The Balaban J connectivity index is 1.48. The van der Waals surface area contributed by atoms with Gasteiger partial charge in [-0.2, -0.15) is 18.3 Å². The van der Waals surface area contributed by atoms with Crippen LogP contribution in [0.1, 0.15) is 22.6 Å². The number of hydrogen-bond donors (Lipinski definition) is 2. The van der Waals surface area contributed by atoms with Gasteiger partial charge in [0.05, 0.1) is 30.3 Å². The third-order valence-corrected chi connectivity index (χ3v) is 4.64. The molecule has 0 saturated carbocycles. The summed E-state index contributed by atoms with van der Waals surface area (Å²) in [7, 11) is 0. The molecule has 3 heterocycles. The Morgan fingerprint density at radius 2 is 2.10 bits per heavy atom. The first-order valence-electron chi connectivity index (χ1n) is 9.28. The SMILES string of the molecule is O=C(N/N=C/c1ccco1)N1CCc2ncnc(Nc3cccc(C(F)(F)F)c3)c2C1. The van der Waals surface area contributed by atoms with E-state index in [-0.39, 0.29) is 12.2 Å². The third-order valence-electron chi connectivity index (χ3n) is 4.64. The number of amides is 2. The molecule has 4 rings (SSSR count). The van der Waals surface area contributed by atoms with E-state index in [2.05, 4.69) is 25.8 Å². The zero-order chi connectivity index (χ0) is 21.8. The molecule has 0 bridgehead atoms. The van der Waals surface area contributed by atoms with Crippen molar-refractivity contribution in [2.24, 2.45) is 5.10 Å². The topological polar surface area (TPSA) is 95.7 Å².